The van der Waals surface area contributed by atoms with Crippen LogP contribution in [0.4, 0.5) is 0 Å². The summed E-state index contributed by atoms with van der Waals surface area (Å²) in [5.74, 6) is 0. The average Bonchev–Trinajstić information content (AvgIpc) is 2.74. The number of rotatable bonds is 4. The second-order valence-electron chi connectivity index (χ2n) is 3.73. The Labute approximate surface area is 134 Å². The average molecular weight is 413 g/mol. The monoisotopic (exact) mass is 412 g/mol. The summed E-state index contributed by atoms with van der Waals surface area (Å²) < 4.78 is 11.3. The molecule has 1 aromatic heterocycles. The molecule has 4 nitrogen and oxygen atoms in total. The Morgan fingerprint density at radius 2 is 1.95 bits per heavy atom. The van der Waals surface area contributed by atoms with Crippen LogP contribution in [0.25, 0.3) is 11.3 Å². The lowest BCUT2D eigenvalue weighted by atomic mass is 10.1. The quantitative estimate of drug-likeness (QED) is 0.602. The van der Waals surface area contributed by atoms with Gasteiger partial charge in [0.2, 0.25) is 6.29 Å². The number of nitrogens with one attached hydrogen (secondary N) is 1. The fourth-order valence-corrected chi connectivity index (χ4v) is 2.97. The van der Waals surface area contributed by atoms with E-state index in [0.29, 0.717) is 10.0 Å². The van der Waals surface area contributed by atoms with Gasteiger partial charge in [-0.05, 0) is 40.8 Å². The van der Waals surface area contributed by atoms with E-state index >= 15 is 0 Å². The molecule has 19 heavy (non-hydrogen) atoms. The highest BCUT2D eigenvalue weighted by molar-refractivity contribution is 14.1. The lowest BCUT2D eigenvalue weighted by Gasteiger charge is -2.11. The van der Waals surface area contributed by atoms with Gasteiger partial charge in [-0.2, -0.15) is 5.10 Å². The van der Waals surface area contributed by atoms with E-state index < -0.39 is 6.29 Å². The first kappa shape index (κ1) is 15.1. The van der Waals surface area contributed by atoms with Crippen molar-refractivity contribution < 1.29 is 9.47 Å². The van der Waals surface area contributed by atoms with Crippen LogP contribution in [0.15, 0.2) is 18.2 Å². The van der Waals surface area contributed by atoms with Crippen molar-refractivity contribution in [2.45, 2.75) is 6.29 Å². The first-order valence-corrected chi connectivity index (χ1v) is 7.16. The molecule has 0 unspecified atom stereocenters. The molecule has 0 aliphatic rings. The van der Waals surface area contributed by atoms with Crippen molar-refractivity contribution in [1.82, 2.24) is 10.2 Å². The highest BCUT2D eigenvalue weighted by Gasteiger charge is 2.21. The molecule has 0 aliphatic carbocycles. The molecule has 0 amide bonds. The number of aromatic nitrogens is 2. The minimum atomic E-state index is -0.487. The van der Waals surface area contributed by atoms with Crippen molar-refractivity contribution >= 4 is 45.8 Å². The molecule has 1 heterocycles. The molecule has 2 rings (SSSR count). The maximum absolute atomic E-state index is 6.19. The largest absolute Gasteiger partial charge is 0.350 e. The maximum atomic E-state index is 6.19. The molecule has 0 spiro atoms. The third kappa shape index (κ3) is 3.05. The smallest absolute Gasteiger partial charge is 0.201 e. The Bertz CT molecular complexity index is 585. The molecule has 0 bridgehead atoms. The summed E-state index contributed by atoms with van der Waals surface area (Å²) in [6.45, 7) is 0. The predicted molar refractivity (Wildman–Crippen MR) is 83.5 cm³/mol. The Morgan fingerprint density at radius 3 is 2.53 bits per heavy atom. The van der Waals surface area contributed by atoms with E-state index in [1.54, 1.807) is 26.4 Å². The minimum Gasteiger partial charge on any atom is -0.350 e. The van der Waals surface area contributed by atoms with E-state index in [0.717, 1.165) is 20.5 Å². The topological polar surface area (TPSA) is 47.1 Å². The number of H-pyrrole nitrogens is 1. The Morgan fingerprint density at radius 1 is 1.26 bits per heavy atom. The van der Waals surface area contributed by atoms with Crippen LogP contribution in [-0.2, 0) is 9.47 Å². The van der Waals surface area contributed by atoms with Gasteiger partial charge in [0.1, 0.15) is 11.4 Å². The number of methoxy groups -OCH3 is 2. The van der Waals surface area contributed by atoms with Crippen LogP contribution in [0.3, 0.4) is 0 Å². The summed E-state index contributed by atoms with van der Waals surface area (Å²) in [6, 6.07) is 5.30. The molecule has 1 N–H and O–H groups in total. The number of benzene rings is 1. The highest BCUT2D eigenvalue weighted by Crippen LogP contribution is 2.34. The Kier molecular flexibility index (Phi) is 5.08. The lowest BCUT2D eigenvalue weighted by molar-refractivity contribution is -0.109. The zero-order chi connectivity index (χ0) is 14.0. The highest BCUT2D eigenvalue weighted by atomic mass is 127. The molecule has 0 saturated carbocycles. The maximum Gasteiger partial charge on any atom is 0.201 e. The van der Waals surface area contributed by atoms with Crippen molar-refractivity contribution in [1.29, 1.82) is 0 Å². The van der Waals surface area contributed by atoms with E-state index in [1.165, 1.54) is 0 Å². The normalized spacial score (nSPS) is 11.3. The number of hydrogen-bond donors (Lipinski definition) is 1. The molecule has 2 aromatic rings. The van der Waals surface area contributed by atoms with Gasteiger partial charge in [0.25, 0.3) is 0 Å². The van der Waals surface area contributed by atoms with Crippen molar-refractivity contribution in [3.8, 4) is 11.3 Å². The molecule has 7 heteroatoms. The SMILES string of the molecule is COC(OC)c1[nH]nc(-c2ccc(Cl)cc2Cl)c1I. The summed E-state index contributed by atoms with van der Waals surface area (Å²) in [4.78, 5) is 0. The van der Waals surface area contributed by atoms with Crippen LogP contribution in [0, 0.1) is 3.57 Å². The summed E-state index contributed by atoms with van der Waals surface area (Å²) in [7, 11) is 3.14. The third-order valence-electron chi connectivity index (χ3n) is 2.58. The number of halogens is 3. The van der Waals surface area contributed by atoms with Gasteiger partial charge >= 0.3 is 0 Å². The summed E-state index contributed by atoms with van der Waals surface area (Å²) >= 11 is 14.3. The van der Waals surface area contributed by atoms with Crippen molar-refractivity contribution in [2.24, 2.45) is 0 Å². The molecule has 0 aliphatic heterocycles. The van der Waals surface area contributed by atoms with E-state index in [1.807, 2.05) is 6.07 Å². The summed E-state index contributed by atoms with van der Waals surface area (Å²) in [5.41, 5.74) is 2.31. The predicted octanol–water partition coefficient (Wildman–Crippen LogP) is 4.28. The van der Waals surface area contributed by atoms with Gasteiger partial charge in [-0.15, -0.1) is 0 Å². The molecule has 0 atom stereocenters. The van der Waals surface area contributed by atoms with Crippen LogP contribution in [0.5, 0.6) is 0 Å². The Hall–Kier alpha value is -0.340. The van der Waals surface area contributed by atoms with Gasteiger partial charge in [0.05, 0.1) is 8.59 Å². The van der Waals surface area contributed by atoms with Crippen LogP contribution < -0.4 is 0 Å². The first-order chi connectivity index (χ1) is 9.08. The molecular formula is C12H11Cl2IN2O2. The van der Waals surface area contributed by atoms with Crippen LogP contribution in [0.1, 0.15) is 12.0 Å². The zero-order valence-electron chi connectivity index (χ0n) is 10.2. The van der Waals surface area contributed by atoms with Gasteiger partial charge in [-0.1, -0.05) is 23.2 Å². The van der Waals surface area contributed by atoms with Gasteiger partial charge in [-0.3, -0.25) is 5.10 Å². The standard InChI is InChI=1S/C12H11Cl2IN2O2/c1-18-12(19-2)11-9(15)10(16-17-11)7-4-3-6(13)5-8(7)14/h3-5,12H,1-2H3,(H,16,17). The van der Waals surface area contributed by atoms with E-state index in [-0.39, 0.29) is 0 Å². The van der Waals surface area contributed by atoms with Crippen molar-refractivity contribution in [3.63, 3.8) is 0 Å². The fraction of sp³-hybridized carbons (Fsp3) is 0.250. The Balaban J connectivity index is 2.47. The van der Waals surface area contributed by atoms with Gasteiger partial charge < -0.3 is 9.47 Å². The number of aromatic amines is 1. The van der Waals surface area contributed by atoms with Crippen molar-refractivity contribution in [3.05, 3.63) is 37.5 Å². The number of ether oxygens (including phenoxy) is 2. The van der Waals surface area contributed by atoms with Crippen LogP contribution in [0.2, 0.25) is 10.0 Å². The first-order valence-electron chi connectivity index (χ1n) is 5.33. The van der Waals surface area contributed by atoms with Crippen LogP contribution in [-0.4, -0.2) is 24.4 Å². The molecule has 102 valence electrons. The molecule has 0 radical (unpaired) electrons. The van der Waals surface area contributed by atoms with Gasteiger partial charge in [0.15, 0.2) is 0 Å². The second-order valence-corrected chi connectivity index (χ2v) is 5.65. The summed E-state index contributed by atoms with van der Waals surface area (Å²) in [5, 5.41) is 8.33. The zero-order valence-corrected chi connectivity index (χ0v) is 13.9. The summed E-state index contributed by atoms with van der Waals surface area (Å²) in [6.07, 6.45) is -0.487. The molecule has 0 fully saturated rings. The number of nitrogens with zero attached hydrogens (tertiary/aromatic N) is 1. The molecular weight excluding hydrogens is 402 g/mol. The van der Waals surface area contributed by atoms with E-state index in [4.69, 9.17) is 32.7 Å². The van der Waals surface area contributed by atoms with Gasteiger partial charge in [-0.25, -0.2) is 0 Å². The molecule has 1 aromatic carbocycles. The van der Waals surface area contributed by atoms with Gasteiger partial charge in [0, 0.05) is 24.8 Å². The van der Waals surface area contributed by atoms with E-state index in [9.17, 15) is 0 Å². The second kappa shape index (κ2) is 6.41. The third-order valence-corrected chi connectivity index (χ3v) is 4.22. The fourth-order valence-electron chi connectivity index (χ4n) is 1.69. The molecule has 0 saturated heterocycles. The van der Waals surface area contributed by atoms with E-state index in [2.05, 4.69) is 32.8 Å². The number of hydrogen-bond acceptors (Lipinski definition) is 3. The lowest BCUT2D eigenvalue weighted by Crippen LogP contribution is -2.05. The van der Waals surface area contributed by atoms with Crippen LogP contribution >= 0.6 is 45.8 Å². The van der Waals surface area contributed by atoms with Crippen molar-refractivity contribution in [2.75, 3.05) is 14.2 Å². The minimum absolute atomic E-state index is 0.487.